The van der Waals surface area contributed by atoms with Gasteiger partial charge >= 0.3 is 0 Å². The summed E-state index contributed by atoms with van der Waals surface area (Å²) in [5.41, 5.74) is 7.49. The second-order valence-corrected chi connectivity index (χ2v) is 5.34. The molecular formula is C14H20N4O2. The van der Waals surface area contributed by atoms with Gasteiger partial charge in [0, 0.05) is 6.04 Å². The summed E-state index contributed by atoms with van der Waals surface area (Å²) in [5, 5.41) is 13.1. The minimum absolute atomic E-state index is 0.0262. The third-order valence-electron chi connectivity index (χ3n) is 3.15. The number of aromatic nitrogens is 2. The number of aliphatic hydroxyl groups is 1. The van der Waals surface area contributed by atoms with E-state index in [0.29, 0.717) is 28.2 Å². The van der Waals surface area contributed by atoms with E-state index in [1.807, 2.05) is 0 Å². The lowest BCUT2D eigenvalue weighted by Crippen LogP contribution is -2.26. The number of anilines is 2. The summed E-state index contributed by atoms with van der Waals surface area (Å²) in [6.07, 6.45) is 2.19. The van der Waals surface area contributed by atoms with Crippen molar-refractivity contribution < 1.29 is 5.11 Å². The minimum atomic E-state index is -0.214. The molecule has 0 saturated carbocycles. The first-order chi connectivity index (χ1) is 9.51. The van der Waals surface area contributed by atoms with Gasteiger partial charge in [-0.05, 0) is 24.5 Å². The van der Waals surface area contributed by atoms with Crippen LogP contribution < -0.4 is 16.6 Å². The van der Waals surface area contributed by atoms with Crippen LogP contribution in [-0.2, 0) is 0 Å². The highest BCUT2D eigenvalue weighted by Gasteiger charge is 2.12. The molecular weight excluding hydrogens is 256 g/mol. The molecule has 1 heterocycles. The molecule has 20 heavy (non-hydrogen) atoms. The maximum atomic E-state index is 11.7. The van der Waals surface area contributed by atoms with Gasteiger partial charge in [0.1, 0.15) is 0 Å². The zero-order valence-corrected chi connectivity index (χ0v) is 11.7. The highest BCUT2D eigenvalue weighted by molar-refractivity contribution is 5.88. The van der Waals surface area contributed by atoms with E-state index >= 15 is 0 Å². The van der Waals surface area contributed by atoms with Crippen molar-refractivity contribution in [2.45, 2.75) is 26.3 Å². The van der Waals surface area contributed by atoms with Gasteiger partial charge in [-0.15, -0.1) is 0 Å². The Hall–Kier alpha value is -2.08. The molecule has 1 aromatic heterocycles. The normalized spacial score (nSPS) is 12.8. The average Bonchev–Trinajstić information content (AvgIpc) is 2.39. The highest BCUT2D eigenvalue weighted by atomic mass is 16.3. The number of hydrogen-bond donors (Lipinski definition) is 4. The molecule has 0 radical (unpaired) electrons. The Labute approximate surface area is 117 Å². The molecule has 0 spiro atoms. The van der Waals surface area contributed by atoms with Crippen molar-refractivity contribution in [1.29, 1.82) is 0 Å². The number of benzene rings is 1. The number of nitrogens with zero attached hydrogens (tertiary/aromatic N) is 1. The molecule has 0 aliphatic rings. The van der Waals surface area contributed by atoms with Gasteiger partial charge in [-0.1, -0.05) is 13.8 Å². The summed E-state index contributed by atoms with van der Waals surface area (Å²) in [5.74, 6) is 0.460. The first kappa shape index (κ1) is 14.3. The number of H-pyrrole nitrogens is 1. The van der Waals surface area contributed by atoms with E-state index in [1.165, 1.54) is 6.33 Å². The molecule has 0 amide bonds. The number of aromatic amines is 1. The van der Waals surface area contributed by atoms with Crippen LogP contribution in [0.25, 0.3) is 10.9 Å². The van der Waals surface area contributed by atoms with Crippen LogP contribution in [0.1, 0.15) is 20.3 Å². The van der Waals surface area contributed by atoms with E-state index in [4.69, 9.17) is 5.73 Å². The van der Waals surface area contributed by atoms with Crippen LogP contribution in [0.15, 0.2) is 23.3 Å². The number of aliphatic hydroxyl groups excluding tert-OH is 1. The van der Waals surface area contributed by atoms with E-state index in [0.717, 1.165) is 6.42 Å². The molecule has 2 aromatic rings. The Kier molecular flexibility index (Phi) is 4.24. The molecule has 5 N–H and O–H groups in total. The molecule has 0 aliphatic carbocycles. The van der Waals surface area contributed by atoms with Crippen LogP contribution in [-0.4, -0.2) is 27.7 Å². The molecule has 1 atom stereocenters. The van der Waals surface area contributed by atoms with Crippen LogP contribution in [0.2, 0.25) is 0 Å². The predicted octanol–water partition coefficient (Wildman–Crippen LogP) is 1.32. The summed E-state index contributed by atoms with van der Waals surface area (Å²) in [4.78, 5) is 18.3. The standard InChI is InChI=1S/C14H20N4O2/c1-8(2)3-9(6-19)18-13-5-12-10(4-11(13)15)14(20)17-7-16-12/h4-5,7-9,18-19H,3,6,15H2,1-2H3,(H,16,17,20). The van der Waals surface area contributed by atoms with Crippen molar-refractivity contribution >= 4 is 22.3 Å². The van der Waals surface area contributed by atoms with Crippen molar-refractivity contribution in [1.82, 2.24) is 9.97 Å². The molecule has 0 bridgehead atoms. The Morgan fingerprint density at radius 1 is 1.45 bits per heavy atom. The fraction of sp³-hybridized carbons (Fsp3) is 0.429. The van der Waals surface area contributed by atoms with Gasteiger partial charge in [0.25, 0.3) is 5.56 Å². The Balaban J connectivity index is 2.35. The number of nitrogen functional groups attached to an aromatic ring is 1. The van der Waals surface area contributed by atoms with E-state index in [2.05, 4.69) is 29.1 Å². The summed E-state index contributed by atoms with van der Waals surface area (Å²) in [6.45, 7) is 4.21. The number of rotatable bonds is 5. The van der Waals surface area contributed by atoms with E-state index < -0.39 is 0 Å². The molecule has 6 heteroatoms. The second kappa shape index (κ2) is 5.92. The van der Waals surface area contributed by atoms with Crippen molar-refractivity contribution in [3.8, 4) is 0 Å². The lowest BCUT2D eigenvalue weighted by molar-refractivity contribution is 0.259. The predicted molar refractivity (Wildman–Crippen MR) is 80.7 cm³/mol. The lowest BCUT2D eigenvalue weighted by atomic mass is 10.0. The summed E-state index contributed by atoms with van der Waals surface area (Å²) in [7, 11) is 0. The van der Waals surface area contributed by atoms with Gasteiger partial charge < -0.3 is 21.1 Å². The molecule has 108 valence electrons. The van der Waals surface area contributed by atoms with Gasteiger partial charge in [-0.3, -0.25) is 4.79 Å². The zero-order valence-electron chi connectivity index (χ0n) is 11.7. The third-order valence-corrected chi connectivity index (χ3v) is 3.15. The first-order valence-corrected chi connectivity index (χ1v) is 6.65. The third kappa shape index (κ3) is 3.08. The highest BCUT2D eigenvalue weighted by Crippen LogP contribution is 2.24. The first-order valence-electron chi connectivity index (χ1n) is 6.65. The lowest BCUT2D eigenvalue weighted by Gasteiger charge is -2.20. The summed E-state index contributed by atoms with van der Waals surface area (Å²) >= 11 is 0. The fourth-order valence-electron chi connectivity index (χ4n) is 2.22. The van der Waals surface area contributed by atoms with E-state index in [1.54, 1.807) is 12.1 Å². The van der Waals surface area contributed by atoms with Crippen LogP contribution in [0.5, 0.6) is 0 Å². The minimum Gasteiger partial charge on any atom is -0.397 e. The van der Waals surface area contributed by atoms with Crippen molar-refractivity contribution in [2.24, 2.45) is 5.92 Å². The second-order valence-electron chi connectivity index (χ2n) is 5.34. The largest absolute Gasteiger partial charge is 0.397 e. The number of nitrogens with one attached hydrogen (secondary N) is 2. The molecule has 1 aromatic carbocycles. The SMILES string of the molecule is CC(C)CC(CO)Nc1cc2nc[nH]c(=O)c2cc1N. The molecule has 0 saturated heterocycles. The van der Waals surface area contributed by atoms with Gasteiger partial charge in [0.15, 0.2) is 0 Å². The number of hydrogen-bond acceptors (Lipinski definition) is 5. The summed E-state index contributed by atoms with van der Waals surface area (Å²) < 4.78 is 0. The molecule has 2 rings (SSSR count). The van der Waals surface area contributed by atoms with Crippen molar-refractivity contribution in [3.63, 3.8) is 0 Å². The van der Waals surface area contributed by atoms with E-state index in [-0.39, 0.29) is 18.2 Å². The van der Waals surface area contributed by atoms with Crippen LogP contribution in [0, 0.1) is 5.92 Å². The number of fused-ring (bicyclic) bond motifs is 1. The monoisotopic (exact) mass is 276 g/mol. The Morgan fingerprint density at radius 3 is 2.85 bits per heavy atom. The smallest absolute Gasteiger partial charge is 0.258 e. The topological polar surface area (TPSA) is 104 Å². The van der Waals surface area contributed by atoms with E-state index in [9.17, 15) is 9.90 Å². The molecule has 6 nitrogen and oxygen atoms in total. The maximum Gasteiger partial charge on any atom is 0.258 e. The molecule has 0 aliphatic heterocycles. The van der Waals surface area contributed by atoms with Gasteiger partial charge in [-0.25, -0.2) is 4.98 Å². The van der Waals surface area contributed by atoms with Crippen LogP contribution in [0.3, 0.4) is 0 Å². The van der Waals surface area contributed by atoms with Gasteiger partial charge in [-0.2, -0.15) is 0 Å². The zero-order chi connectivity index (χ0) is 14.7. The van der Waals surface area contributed by atoms with Gasteiger partial charge in [0.2, 0.25) is 0 Å². The van der Waals surface area contributed by atoms with Crippen molar-refractivity contribution in [3.05, 3.63) is 28.8 Å². The van der Waals surface area contributed by atoms with Gasteiger partial charge in [0.05, 0.1) is 35.2 Å². The van der Waals surface area contributed by atoms with Crippen LogP contribution in [0.4, 0.5) is 11.4 Å². The fourth-order valence-corrected chi connectivity index (χ4v) is 2.22. The Morgan fingerprint density at radius 2 is 2.20 bits per heavy atom. The van der Waals surface area contributed by atoms with Crippen LogP contribution >= 0.6 is 0 Å². The molecule has 1 unspecified atom stereocenters. The summed E-state index contributed by atoms with van der Waals surface area (Å²) in [6, 6.07) is 3.27. The molecule has 0 fully saturated rings. The van der Waals surface area contributed by atoms with Crippen molar-refractivity contribution in [2.75, 3.05) is 17.7 Å². The number of nitrogens with two attached hydrogens (primary N) is 1. The Bertz CT molecular complexity index is 651. The maximum absolute atomic E-state index is 11.7. The average molecular weight is 276 g/mol. The quantitative estimate of drug-likeness (QED) is 0.617.